The van der Waals surface area contributed by atoms with Gasteiger partial charge in [-0.1, -0.05) is 13.0 Å². The van der Waals surface area contributed by atoms with E-state index in [9.17, 15) is 0 Å². The standard InChI is InChI=1S/C18H29BN2O2/c1-7-15-10-8-13(2)21(15)16-11-9-14(12-20-16)19-22-17(3,4)18(5,6)23-19/h9,11-13,15H,7-8,10H2,1-6H3. The van der Waals surface area contributed by atoms with Gasteiger partial charge in [-0.15, -0.1) is 0 Å². The topological polar surface area (TPSA) is 34.6 Å². The van der Waals surface area contributed by atoms with E-state index in [1.54, 1.807) is 0 Å². The van der Waals surface area contributed by atoms with Crippen LogP contribution in [0.25, 0.3) is 0 Å². The van der Waals surface area contributed by atoms with Crippen molar-refractivity contribution >= 4 is 18.4 Å². The van der Waals surface area contributed by atoms with Crippen LogP contribution in [-0.4, -0.2) is 35.4 Å². The summed E-state index contributed by atoms with van der Waals surface area (Å²) in [6, 6.07) is 5.39. The average Bonchev–Trinajstić information content (AvgIpc) is 2.96. The van der Waals surface area contributed by atoms with Gasteiger partial charge < -0.3 is 14.2 Å². The molecular formula is C18H29BN2O2. The van der Waals surface area contributed by atoms with Gasteiger partial charge in [-0.25, -0.2) is 4.98 Å². The van der Waals surface area contributed by atoms with E-state index in [4.69, 9.17) is 14.3 Å². The van der Waals surface area contributed by atoms with Crippen LogP contribution in [0.4, 0.5) is 5.82 Å². The number of rotatable bonds is 3. The average molecular weight is 316 g/mol. The Morgan fingerprint density at radius 3 is 2.35 bits per heavy atom. The van der Waals surface area contributed by atoms with Gasteiger partial charge in [0.1, 0.15) is 5.82 Å². The van der Waals surface area contributed by atoms with Gasteiger partial charge in [0.2, 0.25) is 0 Å². The predicted octanol–water partition coefficient (Wildman–Crippen LogP) is 3.15. The van der Waals surface area contributed by atoms with Crippen molar-refractivity contribution < 1.29 is 9.31 Å². The number of anilines is 1. The zero-order chi connectivity index (χ0) is 16.8. The van der Waals surface area contributed by atoms with Gasteiger partial charge in [-0.2, -0.15) is 0 Å². The van der Waals surface area contributed by atoms with Crippen molar-refractivity contribution in [1.82, 2.24) is 4.98 Å². The zero-order valence-electron chi connectivity index (χ0n) is 15.3. The van der Waals surface area contributed by atoms with Gasteiger partial charge in [-0.05, 0) is 59.9 Å². The van der Waals surface area contributed by atoms with E-state index in [0.29, 0.717) is 12.1 Å². The van der Waals surface area contributed by atoms with Gasteiger partial charge in [-0.3, -0.25) is 0 Å². The van der Waals surface area contributed by atoms with Gasteiger partial charge >= 0.3 is 7.12 Å². The lowest BCUT2D eigenvalue weighted by Gasteiger charge is -2.32. The van der Waals surface area contributed by atoms with E-state index in [-0.39, 0.29) is 18.3 Å². The maximum absolute atomic E-state index is 6.10. The van der Waals surface area contributed by atoms with E-state index >= 15 is 0 Å². The number of nitrogens with zero attached hydrogens (tertiary/aromatic N) is 2. The first-order chi connectivity index (χ1) is 10.7. The van der Waals surface area contributed by atoms with E-state index in [2.05, 4.69) is 58.6 Å². The molecule has 2 saturated heterocycles. The molecule has 0 amide bonds. The molecule has 1 aromatic rings. The summed E-state index contributed by atoms with van der Waals surface area (Å²) in [7, 11) is -0.334. The second-order valence-corrected chi connectivity index (χ2v) is 7.93. The summed E-state index contributed by atoms with van der Waals surface area (Å²) in [5.74, 6) is 1.07. The molecule has 2 aliphatic rings. The van der Waals surface area contributed by atoms with Crippen LogP contribution in [0.5, 0.6) is 0 Å². The van der Waals surface area contributed by atoms with Crippen molar-refractivity contribution in [3.8, 4) is 0 Å². The van der Waals surface area contributed by atoms with Crippen molar-refractivity contribution in [2.24, 2.45) is 0 Å². The summed E-state index contributed by atoms with van der Waals surface area (Å²) in [5, 5.41) is 0. The molecule has 0 aliphatic carbocycles. The molecule has 0 bridgehead atoms. The van der Waals surface area contributed by atoms with Crippen molar-refractivity contribution in [3.05, 3.63) is 18.3 Å². The SMILES string of the molecule is CCC1CCC(C)N1c1ccc(B2OC(C)(C)C(C)(C)O2)cn1. The van der Waals surface area contributed by atoms with E-state index in [1.807, 2.05) is 6.20 Å². The van der Waals surface area contributed by atoms with Crippen LogP contribution in [-0.2, 0) is 9.31 Å². The lowest BCUT2D eigenvalue weighted by atomic mass is 9.80. The Kier molecular flexibility index (Phi) is 4.22. The third kappa shape index (κ3) is 2.89. The molecule has 3 heterocycles. The molecule has 5 heteroatoms. The van der Waals surface area contributed by atoms with Crippen molar-refractivity contribution in [2.75, 3.05) is 4.90 Å². The Balaban J connectivity index is 1.78. The highest BCUT2D eigenvalue weighted by Crippen LogP contribution is 2.36. The van der Waals surface area contributed by atoms with E-state index in [1.165, 1.54) is 19.3 Å². The molecule has 2 fully saturated rings. The van der Waals surface area contributed by atoms with Gasteiger partial charge in [0.05, 0.1) is 11.2 Å². The molecule has 2 atom stereocenters. The van der Waals surface area contributed by atoms with Gasteiger partial charge in [0.15, 0.2) is 0 Å². The summed E-state index contributed by atoms with van der Waals surface area (Å²) in [5.41, 5.74) is 0.368. The molecule has 0 spiro atoms. The molecule has 3 rings (SSSR count). The Morgan fingerprint density at radius 2 is 1.83 bits per heavy atom. The van der Waals surface area contributed by atoms with Crippen LogP contribution in [0.2, 0.25) is 0 Å². The van der Waals surface area contributed by atoms with Crippen LogP contribution >= 0.6 is 0 Å². The molecule has 0 aromatic carbocycles. The van der Waals surface area contributed by atoms with Crippen LogP contribution in [0, 0.1) is 0 Å². The molecule has 126 valence electrons. The largest absolute Gasteiger partial charge is 0.496 e. The molecule has 0 saturated carbocycles. The molecule has 0 N–H and O–H groups in total. The Labute approximate surface area is 140 Å². The minimum Gasteiger partial charge on any atom is -0.399 e. The highest BCUT2D eigenvalue weighted by atomic mass is 16.7. The minimum atomic E-state index is -0.334. The highest BCUT2D eigenvalue weighted by molar-refractivity contribution is 6.62. The maximum atomic E-state index is 6.10. The fourth-order valence-corrected chi connectivity index (χ4v) is 3.55. The minimum absolute atomic E-state index is 0.312. The normalized spacial score (nSPS) is 29.3. The van der Waals surface area contributed by atoms with Crippen LogP contribution in [0.1, 0.15) is 60.8 Å². The van der Waals surface area contributed by atoms with Crippen molar-refractivity contribution in [1.29, 1.82) is 0 Å². The van der Waals surface area contributed by atoms with Crippen LogP contribution in [0.15, 0.2) is 18.3 Å². The lowest BCUT2D eigenvalue weighted by molar-refractivity contribution is 0.00578. The summed E-state index contributed by atoms with van der Waals surface area (Å²) in [4.78, 5) is 7.18. The summed E-state index contributed by atoms with van der Waals surface area (Å²) in [6.07, 6.45) is 5.59. The second kappa shape index (κ2) is 5.78. The molecule has 1 aromatic heterocycles. The molecule has 4 nitrogen and oxygen atoms in total. The fraction of sp³-hybridized carbons (Fsp3) is 0.722. The van der Waals surface area contributed by atoms with Gasteiger partial charge in [0.25, 0.3) is 0 Å². The fourth-order valence-electron chi connectivity index (χ4n) is 3.55. The maximum Gasteiger partial charge on any atom is 0.496 e. The Hall–Kier alpha value is -1.07. The Bertz CT molecular complexity index is 543. The second-order valence-electron chi connectivity index (χ2n) is 7.93. The van der Waals surface area contributed by atoms with Gasteiger partial charge in [0, 0.05) is 23.7 Å². The number of hydrogen-bond acceptors (Lipinski definition) is 4. The Morgan fingerprint density at radius 1 is 1.17 bits per heavy atom. The molecule has 2 unspecified atom stereocenters. The lowest BCUT2D eigenvalue weighted by Crippen LogP contribution is -2.41. The summed E-state index contributed by atoms with van der Waals surface area (Å²) >= 11 is 0. The molecule has 23 heavy (non-hydrogen) atoms. The number of hydrogen-bond donors (Lipinski definition) is 0. The molecule has 0 radical (unpaired) electrons. The first-order valence-corrected chi connectivity index (χ1v) is 8.85. The van der Waals surface area contributed by atoms with E-state index < -0.39 is 0 Å². The van der Waals surface area contributed by atoms with Crippen LogP contribution in [0.3, 0.4) is 0 Å². The number of aromatic nitrogens is 1. The highest BCUT2D eigenvalue weighted by Gasteiger charge is 2.51. The number of pyridine rings is 1. The smallest absolute Gasteiger partial charge is 0.399 e. The van der Waals surface area contributed by atoms with Crippen molar-refractivity contribution in [2.45, 2.75) is 84.1 Å². The molecule has 2 aliphatic heterocycles. The predicted molar refractivity (Wildman–Crippen MR) is 95.2 cm³/mol. The summed E-state index contributed by atoms with van der Waals surface area (Å²) in [6.45, 7) is 12.9. The van der Waals surface area contributed by atoms with Crippen molar-refractivity contribution in [3.63, 3.8) is 0 Å². The van der Waals surface area contributed by atoms with E-state index in [0.717, 1.165) is 11.3 Å². The summed E-state index contributed by atoms with van der Waals surface area (Å²) < 4.78 is 12.2. The third-order valence-corrected chi connectivity index (χ3v) is 5.82. The quantitative estimate of drug-likeness (QED) is 0.803. The monoisotopic (exact) mass is 316 g/mol. The third-order valence-electron chi connectivity index (χ3n) is 5.82. The molecular weight excluding hydrogens is 287 g/mol. The zero-order valence-corrected chi connectivity index (χ0v) is 15.3. The first-order valence-electron chi connectivity index (χ1n) is 8.85. The first kappa shape index (κ1) is 16.8. The van der Waals surface area contributed by atoms with Crippen LogP contribution < -0.4 is 10.4 Å².